The number of nitrogens with one attached hydrogen (secondary N) is 2. The van der Waals surface area contributed by atoms with Gasteiger partial charge in [-0.15, -0.1) is 0 Å². The van der Waals surface area contributed by atoms with Gasteiger partial charge in [-0.2, -0.15) is 0 Å². The zero-order valence-electron chi connectivity index (χ0n) is 16.1. The lowest BCUT2D eigenvalue weighted by molar-refractivity contribution is 0.102. The molecule has 30 heavy (non-hydrogen) atoms. The first kappa shape index (κ1) is 21.8. The summed E-state index contributed by atoms with van der Waals surface area (Å²) < 4.78 is 0.806. The Morgan fingerprint density at radius 2 is 1.77 bits per heavy atom. The Bertz CT molecular complexity index is 1060. The van der Waals surface area contributed by atoms with Crippen molar-refractivity contribution in [2.75, 3.05) is 12.4 Å². The molecule has 3 aromatic carbocycles. The number of nitrogens with two attached hydrogens (primary N) is 1. The molecule has 1 atom stereocenters. The fourth-order valence-electron chi connectivity index (χ4n) is 3.16. The first-order valence-electron chi connectivity index (χ1n) is 9.05. The molecule has 0 radical (unpaired) electrons. The number of hydrogen-bond acceptors (Lipinski definition) is 3. The van der Waals surface area contributed by atoms with Crippen LogP contribution in [0.1, 0.15) is 27.5 Å². The minimum Gasteiger partial charge on any atom is -0.322 e. The Morgan fingerprint density at radius 3 is 2.43 bits per heavy atom. The van der Waals surface area contributed by atoms with E-state index in [1.807, 2.05) is 42.5 Å². The normalized spacial score (nSPS) is 11.5. The number of carbonyl (C=O) groups is 2. The Hall–Kier alpha value is -2.87. The smallest absolute Gasteiger partial charge is 0.322 e. The van der Waals surface area contributed by atoms with Crippen molar-refractivity contribution in [3.05, 3.63) is 99.0 Å². The maximum atomic E-state index is 12.8. The van der Waals surface area contributed by atoms with Gasteiger partial charge in [-0.3, -0.25) is 10.2 Å². The van der Waals surface area contributed by atoms with E-state index >= 15 is 0 Å². The lowest BCUT2D eigenvalue weighted by Crippen LogP contribution is -2.43. The molecule has 6 nitrogen and oxygen atoms in total. The Kier molecular flexibility index (Phi) is 7.10. The highest BCUT2D eigenvalue weighted by atomic mass is 79.9. The van der Waals surface area contributed by atoms with Crippen LogP contribution in [0.25, 0.3) is 0 Å². The molecule has 3 rings (SSSR count). The third-order valence-electron chi connectivity index (χ3n) is 4.59. The molecule has 0 heterocycles. The summed E-state index contributed by atoms with van der Waals surface area (Å²) >= 11 is 9.50. The second kappa shape index (κ2) is 9.75. The van der Waals surface area contributed by atoms with Crippen molar-refractivity contribution in [2.45, 2.75) is 6.04 Å². The molecule has 1 unspecified atom stereocenters. The Balaban J connectivity index is 2.06. The molecule has 3 aromatic rings. The van der Waals surface area contributed by atoms with Crippen LogP contribution in [0.15, 0.2) is 77.3 Å². The van der Waals surface area contributed by atoms with Gasteiger partial charge < -0.3 is 10.2 Å². The van der Waals surface area contributed by atoms with Crippen LogP contribution in [0.3, 0.4) is 0 Å². The zero-order valence-corrected chi connectivity index (χ0v) is 18.4. The number of amides is 3. The number of urea groups is 1. The first-order valence-corrected chi connectivity index (χ1v) is 10.2. The summed E-state index contributed by atoms with van der Waals surface area (Å²) in [5, 5.41) is 3.41. The fraction of sp³-hybridized carbons (Fsp3) is 0.0909. The van der Waals surface area contributed by atoms with Crippen LogP contribution >= 0.6 is 27.5 Å². The summed E-state index contributed by atoms with van der Waals surface area (Å²) in [5.74, 6) is 5.07. The summed E-state index contributed by atoms with van der Waals surface area (Å²) in [7, 11) is 1.64. The van der Waals surface area contributed by atoms with Gasteiger partial charge >= 0.3 is 6.03 Å². The van der Waals surface area contributed by atoms with Crippen molar-refractivity contribution >= 4 is 45.2 Å². The number of nitrogens with zero attached hydrogens (tertiary/aromatic N) is 1. The van der Waals surface area contributed by atoms with Crippen molar-refractivity contribution in [2.24, 2.45) is 5.84 Å². The van der Waals surface area contributed by atoms with E-state index in [1.165, 1.54) is 4.90 Å². The predicted molar refractivity (Wildman–Crippen MR) is 122 cm³/mol. The quantitative estimate of drug-likeness (QED) is 0.270. The number of halogens is 2. The number of anilines is 1. The first-order chi connectivity index (χ1) is 14.4. The average molecular weight is 488 g/mol. The highest BCUT2D eigenvalue weighted by Gasteiger charge is 2.26. The van der Waals surface area contributed by atoms with E-state index in [0.717, 1.165) is 15.6 Å². The molecule has 154 valence electrons. The molecule has 0 bridgehead atoms. The van der Waals surface area contributed by atoms with Crippen molar-refractivity contribution in [3.8, 4) is 0 Å². The molecule has 0 saturated carbocycles. The van der Waals surface area contributed by atoms with Crippen molar-refractivity contribution in [1.29, 1.82) is 0 Å². The van der Waals surface area contributed by atoms with Crippen LogP contribution in [0.5, 0.6) is 0 Å². The lowest BCUT2D eigenvalue weighted by Gasteiger charge is -2.30. The van der Waals surface area contributed by atoms with Gasteiger partial charge in [0.2, 0.25) is 0 Å². The fourth-order valence-corrected chi connectivity index (χ4v) is 3.73. The van der Waals surface area contributed by atoms with Gasteiger partial charge in [0.05, 0.1) is 6.04 Å². The summed E-state index contributed by atoms with van der Waals surface area (Å²) in [6.07, 6.45) is 0. The summed E-state index contributed by atoms with van der Waals surface area (Å²) in [6.45, 7) is 0. The van der Waals surface area contributed by atoms with Crippen LogP contribution in [0.2, 0.25) is 5.02 Å². The SMILES string of the molecule is CN(C(=O)NN)C(c1ccccc1)c1cc(Br)ccc1NC(=O)c1cccc(Cl)c1. The summed E-state index contributed by atoms with van der Waals surface area (Å²) in [4.78, 5) is 26.7. The van der Waals surface area contributed by atoms with Crippen LogP contribution < -0.4 is 16.6 Å². The third kappa shape index (κ3) is 4.99. The molecule has 8 heteroatoms. The van der Waals surface area contributed by atoms with Crippen molar-refractivity contribution < 1.29 is 9.59 Å². The largest absolute Gasteiger partial charge is 0.332 e. The third-order valence-corrected chi connectivity index (χ3v) is 5.32. The molecule has 4 N–H and O–H groups in total. The molecule has 0 aromatic heterocycles. The summed E-state index contributed by atoms with van der Waals surface area (Å²) in [6, 6.07) is 20.7. The Labute approximate surface area is 188 Å². The minimum absolute atomic E-state index is 0.307. The molecule has 0 aliphatic rings. The molecule has 3 amide bonds. The van der Waals surface area contributed by atoms with Gasteiger partial charge in [-0.05, 0) is 42.0 Å². The van der Waals surface area contributed by atoms with Gasteiger partial charge in [-0.1, -0.05) is 63.9 Å². The van der Waals surface area contributed by atoms with E-state index in [9.17, 15) is 9.59 Å². The molecule has 0 aliphatic heterocycles. The van der Waals surface area contributed by atoms with Gasteiger partial charge in [0, 0.05) is 33.4 Å². The summed E-state index contributed by atoms with van der Waals surface area (Å²) in [5.41, 5.74) is 4.74. The molecular formula is C22H20BrClN4O2. The number of rotatable bonds is 5. The van der Waals surface area contributed by atoms with Crippen molar-refractivity contribution in [3.63, 3.8) is 0 Å². The lowest BCUT2D eigenvalue weighted by atomic mass is 9.95. The molecule has 0 fully saturated rings. The monoisotopic (exact) mass is 486 g/mol. The number of hydrogen-bond donors (Lipinski definition) is 3. The zero-order chi connectivity index (χ0) is 21.7. The van der Waals surface area contributed by atoms with E-state index < -0.39 is 12.1 Å². The van der Waals surface area contributed by atoms with Gasteiger partial charge in [-0.25, -0.2) is 10.6 Å². The standard InChI is InChI=1S/C22H20BrClN4O2/c1-28(22(30)27-25)20(14-6-3-2-4-7-14)18-13-16(23)10-11-19(18)26-21(29)15-8-5-9-17(24)12-15/h2-13,20H,25H2,1H3,(H,26,29)(H,27,30). The van der Waals surface area contributed by atoms with E-state index in [-0.39, 0.29) is 5.91 Å². The molecule has 0 saturated heterocycles. The average Bonchev–Trinajstić information content (AvgIpc) is 2.75. The second-order valence-corrected chi connectivity index (χ2v) is 7.92. The van der Waals surface area contributed by atoms with Crippen LogP contribution in [0.4, 0.5) is 10.5 Å². The number of hydrazine groups is 1. The minimum atomic E-state index is -0.498. The number of carbonyl (C=O) groups excluding carboxylic acids is 2. The van der Waals surface area contributed by atoms with E-state index in [4.69, 9.17) is 17.4 Å². The Morgan fingerprint density at radius 1 is 1.03 bits per heavy atom. The van der Waals surface area contributed by atoms with Gasteiger partial charge in [0.25, 0.3) is 5.91 Å². The highest BCUT2D eigenvalue weighted by Crippen LogP contribution is 2.35. The van der Waals surface area contributed by atoms with Crippen LogP contribution in [0, 0.1) is 0 Å². The number of benzene rings is 3. The van der Waals surface area contributed by atoms with Crippen LogP contribution in [-0.2, 0) is 0 Å². The maximum absolute atomic E-state index is 12.8. The van der Waals surface area contributed by atoms with E-state index in [2.05, 4.69) is 26.7 Å². The highest BCUT2D eigenvalue weighted by molar-refractivity contribution is 9.10. The van der Waals surface area contributed by atoms with Gasteiger partial charge in [0.1, 0.15) is 0 Å². The molecule has 0 spiro atoms. The maximum Gasteiger partial charge on any atom is 0.332 e. The molecular weight excluding hydrogens is 468 g/mol. The topological polar surface area (TPSA) is 87.5 Å². The van der Waals surface area contributed by atoms with E-state index in [0.29, 0.717) is 16.3 Å². The predicted octanol–water partition coefficient (Wildman–Crippen LogP) is 4.96. The second-order valence-electron chi connectivity index (χ2n) is 6.57. The van der Waals surface area contributed by atoms with Gasteiger partial charge in [0.15, 0.2) is 0 Å². The van der Waals surface area contributed by atoms with Crippen molar-refractivity contribution in [1.82, 2.24) is 10.3 Å². The van der Waals surface area contributed by atoms with E-state index in [1.54, 1.807) is 37.4 Å². The van der Waals surface area contributed by atoms with Crippen LogP contribution in [-0.4, -0.2) is 23.9 Å². The molecule has 0 aliphatic carbocycles.